The van der Waals surface area contributed by atoms with Gasteiger partial charge in [-0.1, -0.05) is 60.1 Å². The molecule has 0 aliphatic heterocycles. The quantitative estimate of drug-likeness (QED) is 0.381. The molecule has 4 rings (SSSR count). The predicted molar refractivity (Wildman–Crippen MR) is 109 cm³/mol. The van der Waals surface area contributed by atoms with E-state index in [4.69, 9.17) is 11.6 Å². The number of hydrogen-bond donors (Lipinski definition) is 0. The van der Waals surface area contributed by atoms with Gasteiger partial charge in [-0.25, -0.2) is 0 Å². The van der Waals surface area contributed by atoms with Gasteiger partial charge in [0.05, 0.1) is 16.3 Å². The summed E-state index contributed by atoms with van der Waals surface area (Å²) in [4.78, 5) is 12.0. The van der Waals surface area contributed by atoms with Crippen molar-refractivity contribution in [1.29, 1.82) is 0 Å². The third-order valence-electron chi connectivity index (χ3n) is 4.75. The molecule has 1 aromatic heterocycles. The van der Waals surface area contributed by atoms with E-state index in [1.165, 1.54) is 24.3 Å². The van der Waals surface area contributed by atoms with Crippen LogP contribution in [-0.4, -0.2) is 4.57 Å². The smallest absolute Gasteiger partial charge is 0.343 e. The van der Waals surface area contributed by atoms with Crippen molar-refractivity contribution in [2.45, 2.75) is 12.7 Å². The van der Waals surface area contributed by atoms with Gasteiger partial charge in [-0.2, -0.15) is 13.2 Å². The van der Waals surface area contributed by atoms with Gasteiger partial charge < -0.3 is 4.57 Å². The van der Waals surface area contributed by atoms with Crippen LogP contribution in [0.3, 0.4) is 0 Å². The first-order chi connectivity index (χ1) is 13.8. The Hall–Kier alpha value is -3.05. The first kappa shape index (κ1) is 19.3. The zero-order valence-corrected chi connectivity index (χ0v) is 15.8. The van der Waals surface area contributed by atoms with E-state index in [9.17, 15) is 18.0 Å². The fourth-order valence-electron chi connectivity index (χ4n) is 3.36. The molecule has 0 aliphatic carbocycles. The summed E-state index contributed by atoms with van der Waals surface area (Å²) in [5.74, 6) is 0. The van der Waals surface area contributed by atoms with E-state index in [1.807, 2.05) is 42.5 Å². The van der Waals surface area contributed by atoms with Crippen LogP contribution in [0.2, 0.25) is 5.02 Å². The number of halogens is 4. The van der Waals surface area contributed by atoms with Gasteiger partial charge in [0.1, 0.15) is 0 Å². The number of benzene rings is 3. The highest BCUT2D eigenvalue weighted by Crippen LogP contribution is 2.39. The summed E-state index contributed by atoms with van der Waals surface area (Å²) in [6.07, 6.45) is -3.01. The fraction of sp³-hybridized carbons (Fsp3) is 0.0870. The lowest BCUT2D eigenvalue weighted by molar-refractivity contribution is -0.137. The van der Waals surface area contributed by atoms with Crippen molar-refractivity contribution in [3.63, 3.8) is 0 Å². The molecule has 0 saturated carbocycles. The van der Waals surface area contributed by atoms with Gasteiger partial charge in [-0.3, -0.25) is 4.79 Å². The van der Waals surface area contributed by atoms with Crippen LogP contribution in [0.4, 0.5) is 13.2 Å². The molecular formula is C23H15ClF3NO. The molecule has 1 heterocycles. The van der Waals surface area contributed by atoms with Crippen LogP contribution in [0, 0.1) is 0 Å². The third-order valence-corrected chi connectivity index (χ3v) is 5.16. The summed E-state index contributed by atoms with van der Waals surface area (Å²) < 4.78 is 41.5. The van der Waals surface area contributed by atoms with Crippen molar-refractivity contribution in [3.8, 4) is 11.3 Å². The average Bonchev–Trinajstić information content (AvgIpc) is 2.68. The lowest BCUT2D eigenvalue weighted by Crippen LogP contribution is -2.11. The Labute approximate surface area is 169 Å². The van der Waals surface area contributed by atoms with Crippen LogP contribution in [0.15, 0.2) is 83.8 Å². The van der Waals surface area contributed by atoms with Crippen molar-refractivity contribution < 1.29 is 13.2 Å². The summed E-state index contributed by atoms with van der Waals surface area (Å²) in [5, 5.41) is 1.74. The van der Waals surface area contributed by atoms with Gasteiger partial charge in [0.25, 0.3) is 0 Å². The number of hydrogen-bond acceptors (Lipinski definition) is 1. The number of fused-ring (bicyclic) bond motifs is 1. The van der Waals surface area contributed by atoms with E-state index in [1.54, 1.807) is 10.8 Å². The molecule has 0 N–H and O–H groups in total. The van der Waals surface area contributed by atoms with E-state index < -0.39 is 16.8 Å². The first-order valence-electron chi connectivity index (χ1n) is 8.87. The van der Waals surface area contributed by atoms with Gasteiger partial charge in [0.2, 0.25) is 0 Å². The van der Waals surface area contributed by atoms with Crippen molar-refractivity contribution in [2.24, 2.45) is 0 Å². The maximum atomic E-state index is 13.3. The zero-order chi connectivity index (χ0) is 20.6. The number of pyridine rings is 1. The topological polar surface area (TPSA) is 22.0 Å². The molecule has 0 amide bonds. The van der Waals surface area contributed by atoms with Crippen molar-refractivity contribution >= 4 is 22.4 Å². The maximum Gasteiger partial charge on any atom is 0.417 e. The van der Waals surface area contributed by atoms with Crippen molar-refractivity contribution in [3.05, 3.63) is 105 Å². The highest BCUT2D eigenvalue weighted by atomic mass is 35.5. The highest BCUT2D eigenvalue weighted by molar-refractivity contribution is 6.34. The Balaban J connectivity index is 1.82. The zero-order valence-electron chi connectivity index (χ0n) is 15.1. The van der Waals surface area contributed by atoms with E-state index in [0.29, 0.717) is 12.2 Å². The van der Waals surface area contributed by atoms with E-state index in [2.05, 4.69) is 0 Å². The standard InChI is InChI=1S/C23H15ClF3NO/c24-22-19(6-3-7-20(22)23(25,26)27)21-13-18(29)10-11-28(21)14-15-8-9-16-4-1-2-5-17(16)12-15/h1-13H,14H2. The van der Waals surface area contributed by atoms with Crippen LogP contribution < -0.4 is 5.43 Å². The monoisotopic (exact) mass is 413 g/mol. The molecule has 0 saturated heterocycles. The number of alkyl halides is 3. The van der Waals surface area contributed by atoms with Crippen LogP contribution in [0.5, 0.6) is 0 Å². The molecule has 146 valence electrons. The third kappa shape index (κ3) is 3.91. The largest absolute Gasteiger partial charge is 0.417 e. The van der Waals surface area contributed by atoms with Crippen LogP contribution >= 0.6 is 11.6 Å². The Morgan fingerprint density at radius 3 is 2.38 bits per heavy atom. The molecule has 0 radical (unpaired) electrons. The predicted octanol–water partition coefficient (Wildman–Crippen LogP) is 6.39. The highest BCUT2D eigenvalue weighted by Gasteiger charge is 2.34. The van der Waals surface area contributed by atoms with E-state index >= 15 is 0 Å². The molecule has 29 heavy (non-hydrogen) atoms. The van der Waals surface area contributed by atoms with Gasteiger partial charge in [-0.05, 0) is 28.5 Å². The van der Waals surface area contributed by atoms with Gasteiger partial charge in [0.15, 0.2) is 5.43 Å². The second-order valence-electron chi connectivity index (χ2n) is 6.72. The number of nitrogens with zero attached hydrogens (tertiary/aromatic N) is 1. The SMILES string of the molecule is O=c1ccn(Cc2ccc3ccccc3c2)c(-c2cccc(C(F)(F)F)c2Cl)c1. The van der Waals surface area contributed by atoms with Crippen molar-refractivity contribution in [2.75, 3.05) is 0 Å². The fourth-order valence-corrected chi connectivity index (χ4v) is 3.69. The Kier molecular flexibility index (Phi) is 4.92. The maximum absolute atomic E-state index is 13.3. The molecule has 6 heteroatoms. The second kappa shape index (κ2) is 7.41. The molecule has 2 nitrogen and oxygen atoms in total. The minimum Gasteiger partial charge on any atom is -0.343 e. The van der Waals surface area contributed by atoms with Crippen LogP contribution in [-0.2, 0) is 12.7 Å². The lowest BCUT2D eigenvalue weighted by atomic mass is 10.0. The van der Waals surface area contributed by atoms with Gasteiger partial charge in [-0.15, -0.1) is 0 Å². The average molecular weight is 414 g/mol. The minimum absolute atomic E-state index is 0.167. The summed E-state index contributed by atoms with van der Waals surface area (Å²) in [5.41, 5.74) is 0.229. The minimum atomic E-state index is -4.58. The molecule has 0 spiro atoms. The molecule has 0 aliphatic rings. The molecule has 4 aromatic rings. The lowest BCUT2D eigenvalue weighted by Gasteiger charge is -2.17. The van der Waals surface area contributed by atoms with E-state index in [0.717, 1.165) is 22.4 Å². The van der Waals surface area contributed by atoms with Gasteiger partial charge >= 0.3 is 6.18 Å². The Morgan fingerprint density at radius 2 is 1.62 bits per heavy atom. The number of rotatable bonds is 3. The van der Waals surface area contributed by atoms with Crippen molar-refractivity contribution in [1.82, 2.24) is 4.57 Å². The molecule has 3 aromatic carbocycles. The first-order valence-corrected chi connectivity index (χ1v) is 9.25. The molecule has 0 fully saturated rings. The second-order valence-corrected chi connectivity index (χ2v) is 7.10. The normalized spacial score (nSPS) is 11.7. The summed E-state index contributed by atoms with van der Waals surface area (Å²) in [6, 6.07) is 20.3. The molecule has 0 atom stereocenters. The van der Waals surface area contributed by atoms with Crippen LogP contribution in [0.1, 0.15) is 11.1 Å². The van der Waals surface area contributed by atoms with Gasteiger partial charge in [0, 0.05) is 30.4 Å². The summed E-state index contributed by atoms with van der Waals surface area (Å²) in [6.45, 7) is 0.382. The summed E-state index contributed by atoms with van der Waals surface area (Å²) >= 11 is 6.10. The molecule has 0 bridgehead atoms. The Bertz CT molecular complexity index is 1260. The van der Waals surface area contributed by atoms with Crippen LogP contribution in [0.25, 0.3) is 22.0 Å². The van der Waals surface area contributed by atoms with E-state index in [-0.39, 0.29) is 11.0 Å². The summed E-state index contributed by atoms with van der Waals surface area (Å²) in [7, 11) is 0. The number of aromatic nitrogens is 1. The Morgan fingerprint density at radius 1 is 0.862 bits per heavy atom. The molecule has 0 unspecified atom stereocenters. The molecular weight excluding hydrogens is 399 g/mol.